The minimum Gasteiger partial charge on any atom is -0.340 e. The van der Waals surface area contributed by atoms with E-state index in [1.807, 2.05) is 36.1 Å². The fourth-order valence-corrected chi connectivity index (χ4v) is 2.94. The summed E-state index contributed by atoms with van der Waals surface area (Å²) in [5, 5.41) is 12.7. The topological polar surface area (TPSA) is 67.2 Å². The van der Waals surface area contributed by atoms with E-state index >= 15 is 0 Å². The number of tetrazole rings is 1. The molecule has 1 aromatic heterocycles. The molecule has 1 aromatic carbocycles. The quantitative estimate of drug-likeness (QED) is 0.823. The predicted molar refractivity (Wildman–Crippen MR) is 90.9 cm³/mol. The molecule has 0 aliphatic carbocycles. The van der Waals surface area contributed by atoms with Gasteiger partial charge in [0.15, 0.2) is 5.82 Å². The minimum absolute atomic E-state index is 0.253. The first-order valence-electron chi connectivity index (χ1n) is 8.20. The van der Waals surface area contributed by atoms with Crippen LogP contribution in [0.2, 0.25) is 5.02 Å². The number of amides is 1. The number of carbonyl (C=O) groups is 1. The highest BCUT2D eigenvalue weighted by molar-refractivity contribution is 6.30. The number of aromatic nitrogens is 4. The van der Waals surface area contributed by atoms with E-state index in [1.165, 1.54) is 0 Å². The Morgan fingerprint density at radius 3 is 2.54 bits per heavy atom. The Bertz CT molecular complexity index is 678. The van der Waals surface area contributed by atoms with Gasteiger partial charge in [0.1, 0.15) is 0 Å². The highest BCUT2D eigenvalue weighted by atomic mass is 35.5. The van der Waals surface area contributed by atoms with Crippen LogP contribution in [-0.4, -0.2) is 62.1 Å². The van der Waals surface area contributed by atoms with E-state index in [-0.39, 0.29) is 5.91 Å². The summed E-state index contributed by atoms with van der Waals surface area (Å²) in [4.78, 5) is 16.2. The van der Waals surface area contributed by atoms with E-state index in [0.29, 0.717) is 18.0 Å². The predicted octanol–water partition coefficient (Wildman–Crippen LogP) is 1.76. The SMILES string of the molecule is CCCC(=O)N1CCN(Cc2nnnn2-c2ccc(Cl)cc2)CC1. The molecule has 0 N–H and O–H groups in total. The first-order chi connectivity index (χ1) is 11.7. The molecule has 128 valence electrons. The van der Waals surface area contributed by atoms with Crippen LogP contribution < -0.4 is 0 Å². The number of rotatable bonds is 5. The first-order valence-corrected chi connectivity index (χ1v) is 8.58. The lowest BCUT2D eigenvalue weighted by Gasteiger charge is -2.34. The van der Waals surface area contributed by atoms with Gasteiger partial charge in [-0.3, -0.25) is 9.69 Å². The van der Waals surface area contributed by atoms with Crippen molar-refractivity contribution in [3.63, 3.8) is 0 Å². The van der Waals surface area contributed by atoms with E-state index < -0.39 is 0 Å². The zero-order valence-electron chi connectivity index (χ0n) is 13.7. The average Bonchev–Trinajstić information content (AvgIpc) is 3.04. The molecular weight excluding hydrogens is 328 g/mol. The van der Waals surface area contributed by atoms with Crippen LogP contribution >= 0.6 is 11.6 Å². The van der Waals surface area contributed by atoms with Crippen LogP contribution in [-0.2, 0) is 11.3 Å². The van der Waals surface area contributed by atoms with E-state index in [2.05, 4.69) is 20.4 Å². The van der Waals surface area contributed by atoms with E-state index in [4.69, 9.17) is 11.6 Å². The third-order valence-corrected chi connectivity index (χ3v) is 4.41. The number of hydrogen-bond acceptors (Lipinski definition) is 5. The van der Waals surface area contributed by atoms with E-state index in [9.17, 15) is 4.79 Å². The van der Waals surface area contributed by atoms with Gasteiger partial charge in [0.25, 0.3) is 0 Å². The molecule has 0 atom stereocenters. The summed E-state index contributed by atoms with van der Waals surface area (Å²) in [5.41, 5.74) is 0.885. The molecule has 0 radical (unpaired) electrons. The molecule has 0 bridgehead atoms. The van der Waals surface area contributed by atoms with Crippen molar-refractivity contribution in [2.75, 3.05) is 26.2 Å². The molecular formula is C16H21ClN6O. The van der Waals surface area contributed by atoms with Crippen LogP contribution in [0.4, 0.5) is 0 Å². The van der Waals surface area contributed by atoms with Crippen molar-refractivity contribution in [1.82, 2.24) is 30.0 Å². The number of benzene rings is 1. The van der Waals surface area contributed by atoms with Gasteiger partial charge in [-0.25, -0.2) is 0 Å². The molecule has 2 aromatic rings. The van der Waals surface area contributed by atoms with Crippen molar-refractivity contribution in [3.8, 4) is 5.69 Å². The largest absolute Gasteiger partial charge is 0.340 e. The lowest BCUT2D eigenvalue weighted by molar-refractivity contribution is -0.133. The molecule has 24 heavy (non-hydrogen) atoms. The Balaban J connectivity index is 1.61. The number of hydrogen-bond donors (Lipinski definition) is 0. The molecule has 8 heteroatoms. The van der Waals surface area contributed by atoms with Gasteiger partial charge in [-0.2, -0.15) is 4.68 Å². The van der Waals surface area contributed by atoms with Crippen LogP contribution in [0.25, 0.3) is 5.69 Å². The zero-order valence-corrected chi connectivity index (χ0v) is 14.5. The van der Waals surface area contributed by atoms with Gasteiger partial charge < -0.3 is 4.90 Å². The third-order valence-electron chi connectivity index (χ3n) is 4.16. The van der Waals surface area contributed by atoms with Gasteiger partial charge in [-0.05, 0) is 41.1 Å². The van der Waals surface area contributed by atoms with Crippen LogP contribution in [0.3, 0.4) is 0 Å². The lowest BCUT2D eigenvalue weighted by atomic mass is 10.2. The average molecular weight is 349 g/mol. The normalized spacial score (nSPS) is 15.7. The fraction of sp³-hybridized carbons (Fsp3) is 0.500. The van der Waals surface area contributed by atoms with Crippen LogP contribution in [0.1, 0.15) is 25.6 Å². The van der Waals surface area contributed by atoms with Crippen molar-refractivity contribution in [2.45, 2.75) is 26.3 Å². The Labute approximate surface area is 146 Å². The highest BCUT2D eigenvalue weighted by Crippen LogP contribution is 2.15. The third kappa shape index (κ3) is 3.91. The van der Waals surface area contributed by atoms with Gasteiger partial charge in [-0.15, -0.1) is 5.10 Å². The number of halogens is 1. The molecule has 0 unspecified atom stereocenters. The maximum Gasteiger partial charge on any atom is 0.222 e. The van der Waals surface area contributed by atoms with Gasteiger partial charge in [0, 0.05) is 37.6 Å². The second-order valence-electron chi connectivity index (χ2n) is 5.89. The fourth-order valence-electron chi connectivity index (χ4n) is 2.81. The first kappa shape index (κ1) is 16.9. The van der Waals surface area contributed by atoms with Crippen molar-refractivity contribution in [2.24, 2.45) is 0 Å². The second-order valence-corrected chi connectivity index (χ2v) is 6.33. The maximum absolute atomic E-state index is 11.9. The van der Waals surface area contributed by atoms with Crippen molar-refractivity contribution < 1.29 is 4.79 Å². The number of carbonyl (C=O) groups excluding carboxylic acids is 1. The van der Waals surface area contributed by atoms with Crippen molar-refractivity contribution in [1.29, 1.82) is 0 Å². The smallest absolute Gasteiger partial charge is 0.222 e. The molecule has 3 rings (SSSR count). The van der Waals surface area contributed by atoms with E-state index in [0.717, 1.165) is 44.1 Å². The van der Waals surface area contributed by atoms with E-state index in [1.54, 1.807) is 4.68 Å². The molecule has 0 spiro atoms. The summed E-state index contributed by atoms with van der Waals surface area (Å²) in [6.07, 6.45) is 1.53. The Morgan fingerprint density at radius 2 is 1.88 bits per heavy atom. The van der Waals surface area contributed by atoms with Gasteiger partial charge >= 0.3 is 0 Å². The Kier molecular flexibility index (Phi) is 5.42. The Hall–Kier alpha value is -1.99. The summed E-state index contributed by atoms with van der Waals surface area (Å²) in [7, 11) is 0. The highest BCUT2D eigenvalue weighted by Gasteiger charge is 2.22. The van der Waals surface area contributed by atoms with Crippen LogP contribution in [0, 0.1) is 0 Å². The summed E-state index contributed by atoms with van der Waals surface area (Å²) in [5.74, 6) is 1.04. The minimum atomic E-state index is 0.253. The monoisotopic (exact) mass is 348 g/mol. The molecule has 1 aliphatic heterocycles. The summed E-state index contributed by atoms with van der Waals surface area (Å²) >= 11 is 5.93. The molecule has 1 amide bonds. The zero-order chi connectivity index (χ0) is 16.9. The molecule has 2 heterocycles. The Morgan fingerprint density at radius 1 is 1.17 bits per heavy atom. The maximum atomic E-state index is 11.9. The molecule has 7 nitrogen and oxygen atoms in total. The molecule has 1 fully saturated rings. The summed E-state index contributed by atoms with van der Waals surface area (Å²) in [6, 6.07) is 7.42. The number of piperazine rings is 1. The second kappa shape index (κ2) is 7.72. The molecule has 1 saturated heterocycles. The van der Waals surface area contributed by atoms with Crippen molar-refractivity contribution >= 4 is 17.5 Å². The standard InChI is InChI=1S/C16H21ClN6O/c1-2-3-16(24)22-10-8-21(9-11-22)12-15-18-19-20-23(15)14-6-4-13(17)5-7-14/h4-7H,2-3,8-12H2,1H3. The van der Waals surface area contributed by atoms with Crippen LogP contribution in [0.15, 0.2) is 24.3 Å². The molecule has 0 saturated carbocycles. The van der Waals surface area contributed by atoms with Crippen LogP contribution in [0.5, 0.6) is 0 Å². The van der Waals surface area contributed by atoms with Crippen molar-refractivity contribution in [3.05, 3.63) is 35.1 Å². The molecule has 1 aliphatic rings. The number of nitrogens with zero attached hydrogens (tertiary/aromatic N) is 6. The summed E-state index contributed by atoms with van der Waals surface area (Å²) in [6.45, 7) is 5.89. The van der Waals surface area contributed by atoms with Gasteiger partial charge in [0.2, 0.25) is 5.91 Å². The van der Waals surface area contributed by atoms with Gasteiger partial charge in [0.05, 0.1) is 12.2 Å². The summed E-state index contributed by atoms with van der Waals surface area (Å²) < 4.78 is 1.73. The van der Waals surface area contributed by atoms with Gasteiger partial charge in [-0.1, -0.05) is 18.5 Å². The lowest BCUT2D eigenvalue weighted by Crippen LogP contribution is -2.48.